The van der Waals surface area contributed by atoms with E-state index in [1.54, 1.807) is 0 Å². The Balaban J connectivity index is 0.909. The molecule has 6 aliphatic carbocycles. The van der Waals surface area contributed by atoms with Gasteiger partial charge in [-0.25, -0.2) is 0 Å². The van der Waals surface area contributed by atoms with Gasteiger partial charge in [0.25, 0.3) is 0 Å². The van der Waals surface area contributed by atoms with Crippen molar-refractivity contribution >= 4 is 84.4 Å². The minimum absolute atomic E-state index is 0.123. The molecule has 4 heteroatoms. The summed E-state index contributed by atoms with van der Waals surface area (Å²) in [5, 5.41) is 4.72. The van der Waals surface area contributed by atoms with E-state index in [4.69, 9.17) is 8.83 Å². The minimum Gasteiger partial charge on any atom is -0.454 e. The molecule has 2 heterocycles. The number of benzene rings is 8. The van der Waals surface area contributed by atoms with Crippen molar-refractivity contribution in [2.24, 2.45) is 5.92 Å². The van der Waals surface area contributed by atoms with Crippen molar-refractivity contribution in [1.82, 2.24) is 0 Å². The van der Waals surface area contributed by atoms with Crippen LogP contribution < -0.4 is 9.80 Å². The number of furan rings is 2. The maximum Gasteiger partial charge on any atom is 0.159 e. The third-order valence-corrected chi connectivity index (χ3v) is 19.0. The summed E-state index contributed by atoms with van der Waals surface area (Å²) in [4.78, 5) is 5.08. The first kappa shape index (κ1) is 46.5. The minimum atomic E-state index is -0.420. The number of nitrogens with zero attached hydrogens (tertiary/aromatic N) is 2. The number of fused-ring (bicyclic) bond motifs is 6. The standard InChI is InChI=1S/C75H62N2O2/c1-75-55-40-42-64-66(76(56-28-12-26-53(46-56)48-18-4-2-5-19-48)68-36-16-34-62-60-32-14-30-58(50-22-8-9-23-50)71(60)78-73(62)68)44-39-52(70(64)75)38-43-65(75)67(45-41-55)77(57-29-13-27-54(47-57)49-20-6-3-7-21-49)69-37-17-35-63-61-33-15-31-59(51-24-10-11-25-51)72(61)79-74(63)69/h2-7,12,14-21,26-28,30-47,50-51,55H,8-11,13,22-25,29H2,1H3/t55?,75-/m0/s1. The predicted molar refractivity (Wildman–Crippen MR) is 329 cm³/mol. The second-order valence-electron chi connectivity index (χ2n) is 23.3. The van der Waals surface area contributed by atoms with Gasteiger partial charge in [-0.2, -0.15) is 0 Å². The zero-order valence-electron chi connectivity index (χ0n) is 44.8. The zero-order chi connectivity index (χ0) is 52.2. The Morgan fingerprint density at radius 3 is 1.71 bits per heavy atom. The predicted octanol–water partition coefficient (Wildman–Crippen LogP) is 21.0. The van der Waals surface area contributed by atoms with Crippen LogP contribution in [0.3, 0.4) is 0 Å². The third kappa shape index (κ3) is 7.33. The number of anilines is 4. The van der Waals surface area contributed by atoms with Gasteiger partial charge in [0.1, 0.15) is 11.2 Å². The largest absolute Gasteiger partial charge is 0.454 e. The number of para-hydroxylation sites is 4. The second-order valence-corrected chi connectivity index (χ2v) is 23.3. The lowest BCUT2D eigenvalue weighted by Crippen LogP contribution is -2.41. The van der Waals surface area contributed by atoms with Crippen LogP contribution >= 0.6 is 0 Å². The highest BCUT2D eigenvalue weighted by Gasteiger charge is 2.47. The van der Waals surface area contributed by atoms with Gasteiger partial charge < -0.3 is 18.6 Å². The van der Waals surface area contributed by atoms with E-state index in [-0.39, 0.29) is 5.92 Å². The van der Waals surface area contributed by atoms with E-state index in [0.29, 0.717) is 11.8 Å². The van der Waals surface area contributed by atoms with E-state index < -0.39 is 5.41 Å². The molecule has 384 valence electrons. The molecule has 6 aliphatic rings. The van der Waals surface area contributed by atoms with E-state index in [0.717, 1.165) is 63.3 Å². The van der Waals surface area contributed by atoms with E-state index in [9.17, 15) is 0 Å². The number of allylic oxidation sites excluding steroid dienone is 9. The maximum absolute atomic E-state index is 7.34. The van der Waals surface area contributed by atoms with E-state index in [1.807, 2.05) is 0 Å². The van der Waals surface area contributed by atoms with Crippen molar-refractivity contribution in [2.45, 2.75) is 88.4 Å². The molecule has 2 aromatic heterocycles. The lowest BCUT2D eigenvalue weighted by atomic mass is 9.57. The van der Waals surface area contributed by atoms with Gasteiger partial charge in [0.15, 0.2) is 11.2 Å². The molecule has 10 aromatic rings. The molecule has 79 heavy (non-hydrogen) atoms. The topological polar surface area (TPSA) is 32.8 Å². The van der Waals surface area contributed by atoms with Crippen LogP contribution in [0, 0.1) is 5.92 Å². The Morgan fingerprint density at radius 1 is 0.481 bits per heavy atom. The van der Waals surface area contributed by atoms with Gasteiger partial charge in [0.2, 0.25) is 0 Å². The molecule has 8 aromatic carbocycles. The number of hydrogen-bond donors (Lipinski definition) is 0. The first-order valence-corrected chi connectivity index (χ1v) is 29.1. The summed E-state index contributed by atoms with van der Waals surface area (Å²) in [7, 11) is 0. The van der Waals surface area contributed by atoms with Crippen molar-refractivity contribution in [3.8, 4) is 11.1 Å². The van der Waals surface area contributed by atoms with Crippen molar-refractivity contribution in [3.63, 3.8) is 0 Å². The molecule has 2 fully saturated rings. The van der Waals surface area contributed by atoms with Crippen LogP contribution in [0.5, 0.6) is 0 Å². The molecule has 16 rings (SSSR count). The normalized spacial score (nSPS) is 19.7. The second kappa shape index (κ2) is 18.5. The van der Waals surface area contributed by atoms with Crippen molar-refractivity contribution in [3.05, 3.63) is 257 Å². The summed E-state index contributed by atoms with van der Waals surface area (Å²) < 4.78 is 14.7. The first-order chi connectivity index (χ1) is 39.1. The molecule has 2 atom stereocenters. The van der Waals surface area contributed by atoms with Gasteiger partial charge in [0, 0.05) is 55.5 Å². The quantitative estimate of drug-likeness (QED) is 0.137. The van der Waals surface area contributed by atoms with Gasteiger partial charge in [-0.05, 0) is 143 Å². The lowest BCUT2D eigenvalue weighted by molar-refractivity contribution is 0.464. The molecular weight excluding hydrogens is 961 g/mol. The molecule has 0 aliphatic heterocycles. The van der Waals surface area contributed by atoms with Crippen molar-refractivity contribution in [1.29, 1.82) is 0 Å². The third-order valence-electron chi connectivity index (χ3n) is 19.0. The molecule has 0 bridgehead atoms. The van der Waals surface area contributed by atoms with Crippen LogP contribution in [0.4, 0.5) is 22.7 Å². The molecular formula is C75H62N2O2. The summed E-state index contributed by atoms with van der Waals surface area (Å²) in [6.45, 7) is 2.51. The SMILES string of the molecule is C[C@@]12C3=C(N(C4=CC(c5ccccc5)=CCC4)c4cccc5c4oc4c(C6CCCC6)cccc45)C=CC1C=Cc1c(N(c4cccc(-c5ccccc5)c4)c4cccc5c4oc4c(C6CCCC6)cccc45)ccc(c12)C=C3. The summed E-state index contributed by atoms with van der Waals surface area (Å²) in [6.07, 6.45) is 31.3. The molecule has 0 amide bonds. The zero-order valence-corrected chi connectivity index (χ0v) is 44.8. The molecule has 4 nitrogen and oxygen atoms in total. The highest BCUT2D eigenvalue weighted by molar-refractivity contribution is 6.12. The molecule has 0 spiro atoms. The summed E-state index contributed by atoms with van der Waals surface area (Å²) in [5.41, 5.74) is 23.0. The summed E-state index contributed by atoms with van der Waals surface area (Å²) >= 11 is 0. The Morgan fingerprint density at radius 2 is 1.05 bits per heavy atom. The molecule has 0 saturated heterocycles. The summed E-state index contributed by atoms with van der Waals surface area (Å²) in [6, 6.07) is 62.8. The Kier molecular flexibility index (Phi) is 10.9. The highest BCUT2D eigenvalue weighted by atomic mass is 16.3. The number of rotatable bonds is 10. The van der Waals surface area contributed by atoms with Gasteiger partial charge in [0.05, 0.1) is 17.1 Å². The molecule has 0 radical (unpaired) electrons. The van der Waals surface area contributed by atoms with E-state index >= 15 is 0 Å². The fraction of sp³-hybridized carbons (Fsp3) is 0.200. The fourth-order valence-electron chi connectivity index (χ4n) is 15.1. The highest BCUT2D eigenvalue weighted by Crippen LogP contribution is 2.58. The van der Waals surface area contributed by atoms with E-state index in [1.165, 1.54) is 135 Å². The van der Waals surface area contributed by atoms with Crippen LogP contribution in [-0.2, 0) is 5.41 Å². The van der Waals surface area contributed by atoms with Gasteiger partial charge in [-0.15, -0.1) is 0 Å². The monoisotopic (exact) mass is 1020 g/mol. The average molecular weight is 1020 g/mol. The van der Waals surface area contributed by atoms with Crippen molar-refractivity contribution < 1.29 is 8.83 Å². The lowest BCUT2D eigenvalue weighted by Gasteiger charge is -2.48. The van der Waals surface area contributed by atoms with Gasteiger partial charge in [-0.3, -0.25) is 0 Å². The van der Waals surface area contributed by atoms with Crippen LogP contribution in [-0.4, -0.2) is 0 Å². The summed E-state index contributed by atoms with van der Waals surface area (Å²) in [5.74, 6) is 1.18. The van der Waals surface area contributed by atoms with Crippen LogP contribution in [0.15, 0.2) is 232 Å². The van der Waals surface area contributed by atoms with Gasteiger partial charge in [-0.1, -0.05) is 209 Å². The molecule has 2 saturated carbocycles. The fourth-order valence-corrected chi connectivity index (χ4v) is 15.1. The van der Waals surface area contributed by atoms with E-state index in [2.05, 4.69) is 235 Å². The average Bonchev–Trinajstić information content (AvgIpc) is 4.51. The molecule has 0 N–H and O–H groups in total. The Hall–Kier alpha value is -8.60. The Labute approximate surface area is 462 Å². The van der Waals surface area contributed by atoms with Crippen LogP contribution in [0.2, 0.25) is 0 Å². The first-order valence-electron chi connectivity index (χ1n) is 29.1. The van der Waals surface area contributed by atoms with Gasteiger partial charge >= 0.3 is 0 Å². The van der Waals surface area contributed by atoms with Crippen LogP contribution in [0.25, 0.3) is 72.7 Å². The Bertz CT molecular complexity index is 4300. The smallest absolute Gasteiger partial charge is 0.159 e. The van der Waals surface area contributed by atoms with Crippen LogP contribution in [0.1, 0.15) is 116 Å². The number of hydrogen-bond acceptors (Lipinski definition) is 4. The maximum atomic E-state index is 7.34. The molecule has 1 unspecified atom stereocenters. The van der Waals surface area contributed by atoms with Crippen molar-refractivity contribution in [2.75, 3.05) is 9.80 Å².